The third kappa shape index (κ3) is 2.21. The Bertz CT molecular complexity index is 704. The van der Waals surface area contributed by atoms with E-state index in [-0.39, 0.29) is 16.5 Å². The molecule has 0 atom stereocenters. The molecule has 5 nitrogen and oxygen atoms in total. The molecule has 1 N–H and O–H groups in total. The largest absolute Gasteiger partial charge is 0.335 e. The molecular formula is C13H11ClFN5. The molecule has 102 valence electrons. The molecule has 7 heteroatoms. The molecule has 2 aromatic heterocycles. The number of aromatic nitrogens is 3. The number of hydrogen-bond donors (Lipinski definition) is 1. The standard InChI is InChI=1S/C13H11ClFN5/c14-12-8(6-16)5-9(15)13(19-12)18-10-7-17-20-4-2-1-3-11(10)20/h5,7H,1-4H2,(H,18,19). The average molecular weight is 292 g/mol. The second-order valence-electron chi connectivity index (χ2n) is 4.58. The summed E-state index contributed by atoms with van der Waals surface area (Å²) in [4.78, 5) is 3.89. The van der Waals surface area contributed by atoms with Gasteiger partial charge in [0.05, 0.1) is 23.1 Å². The van der Waals surface area contributed by atoms with Crippen molar-refractivity contribution in [1.29, 1.82) is 5.26 Å². The number of aryl methyl sites for hydroxylation is 1. The van der Waals surface area contributed by atoms with Crippen LogP contribution in [-0.4, -0.2) is 14.8 Å². The molecule has 0 saturated heterocycles. The first-order valence-corrected chi connectivity index (χ1v) is 6.64. The van der Waals surface area contributed by atoms with Gasteiger partial charge in [0.1, 0.15) is 11.2 Å². The van der Waals surface area contributed by atoms with Crippen molar-refractivity contribution in [2.45, 2.75) is 25.8 Å². The van der Waals surface area contributed by atoms with Crippen LogP contribution in [0.3, 0.4) is 0 Å². The van der Waals surface area contributed by atoms with Crippen molar-refractivity contribution in [2.75, 3.05) is 5.32 Å². The van der Waals surface area contributed by atoms with E-state index in [4.69, 9.17) is 16.9 Å². The number of nitrogens with zero attached hydrogens (tertiary/aromatic N) is 4. The van der Waals surface area contributed by atoms with Crippen molar-refractivity contribution in [3.63, 3.8) is 0 Å². The number of anilines is 2. The van der Waals surface area contributed by atoms with Crippen molar-refractivity contribution in [3.8, 4) is 6.07 Å². The van der Waals surface area contributed by atoms with Crippen molar-refractivity contribution < 1.29 is 4.39 Å². The van der Waals surface area contributed by atoms with Crippen LogP contribution in [0.15, 0.2) is 12.3 Å². The van der Waals surface area contributed by atoms with Crippen LogP contribution in [0.1, 0.15) is 24.1 Å². The molecular weight excluding hydrogens is 281 g/mol. The molecule has 1 aliphatic rings. The second-order valence-corrected chi connectivity index (χ2v) is 4.94. The lowest BCUT2D eigenvalue weighted by Crippen LogP contribution is -2.12. The zero-order chi connectivity index (χ0) is 14.1. The van der Waals surface area contributed by atoms with Crippen molar-refractivity contribution >= 4 is 23.1 Å². The molecule has 0 aliphatic carbocycles. The number of halogens is 2. The summed E-state index contributed by atoms with van der Waals surface area (Å²) in [6.45, 7) is 0.876. The van der Waals surface area contributed by atoms with Gasteiger partial charge in [-0.1, -0.05) is 11.6 Å². The van der Waals surface area contributed by atoms with E-state index in [0.29, 0.717) is 0 Å². The summed E-state index contributed by atoms with van der Waals surface area (Å²) in [6.07, 6.45) is 4.75. The van der Waals surface area contributed by atoms with Gasteiger partial charge >= 0.3 is 0 Å². The smallest absolute Gasteiger partial charge is 0.168 e. The fourth-order valence-corrected chi connectivity index (χ4v) is 2.47. The molecule has 0 saturated carbocycles. The van der Waals surface area contributed by atoms with Crippen molar-refractivity contribution in [1.82, 2.24) is 14.8 Å². The molecule has 20 heavy (non-hydrogen) atoms. The molecule has 0 aromatic carbocycles. The Morgan fingerprint density at radius 3 is 3.10 bits per heavy atom. The maximum Gasteiger partial charge on any atom is 0.168 e. The van der Waals surface area contributed by atoms with E-state index in [9.17, 15) is 4.39 Å². The Balaban J connectivity index is 1.94. The van der Waals surface area contributed by atoms with Gasteiger partial charge in [-0.25, -0.2) is 9.37 Å². The van der Waals surface area contributed by atoms with Gasteiger partial charge in [0.15, 0.2) is 11.6 Å². The molecule has 0 fully saturated rings. The first-order chi connectivity index (χ1) is 9.69. The number of pyridine rings is 1. The average Bonchev–Trinajstić information content (AvgIpc) is 2.86. The number of nitriles is 1. The lowest BCUT2D eigenvalue weighted by atomic mass is 10.1. The first kappa shape index (κ1) is 12.9. The van der Waals surface area contributed by atoms with Crippen LogP contribution in [0.5, 0.6) is 0 Å². The monoisotopic (exact) mass is 291 g/mol. The summed E-state index contributed by atoms with van der Waals surface area (Å²) in [6, 6.07) is 2.87. The minimum absolute atomic E-state index is 0.00961. The zero-order valence-corrected chi connectivity index (χ0v) is 11.3. The topological polar surface area (TPSA) is 66.5 Å². The molecule has 3 heterocycles. The fourth-order valence-electron chi connectivity index (χ4n) is 2.29. The molecule has 0 amide bonds. The highest BCUT2D eigenvalue weighted by Crippen LogP contribution is 2.27. The van der Waals surface area contributed by atoms with Crippen LogP contribution in [0.2, 0.25) is 5.15 Å². The van der Waals surface area contributed by atoms with Crippen molar-refractivity contribution in [3.05, 3.63) is 34.5 Å². The molecule has 3 rings (SSSR count). The number of hydrogen-bond acceptors (Lipinski definition) is 4. The fraction of sp³-hybridized carbons (Fsp3) is 0.308. The summed E-state index contributed by atoms with van der Waals surface area (Å²) in [5.41, 5.74) is 1.79. The van der Waals surface area contributed by atoms with Crippen LogP contribution < -0.4 is 5.32 Å². The van der Waals surface area contributed by atoms with Gasteiger partial charge in [-0.2, -0.15) is 10.4 Å². The SMILES string of the molecule is N#Cc1cc(F)c(Nc2cnn3c2CCCC3)nc1Cl. The number of nitrogens with one attached hydrogen (secondary N) is 1. The summed E-state index contributed by atoms with van der Waals surface area (Å²) in [5.74, 6) is -0.600. The maximum absolute atomic E-state index is 13.9. The quantitative estimate of drug-likeness (QED) is 0.864. The lowest BCUT2D eigenvalue weighted by molar-refractivity contribution is 0.487. The Morgan fingerprint density at radius 2 is 2.30 bits per heavy atom. The molecule has 1 aliphatic heterocycles. The Hall–Kier alpha value is -2.13. The van der Waals surface area contributed by atoms with Gasteiger partial charge in [-0.05, 0) is 25.3 Å². The summed E-state index contributed by atoms with van der Waals surface area (Å²) in [5, 5.41) is 15.9. The van der Waals surface area contributed by atoms with Crippen LogP contribution in [0.4, 0.5) is 15.9 Å². The summed E-state index contributed by atoms with van der Waals surface area (Å²) >= 11 is 5.82. The van der Waals surface area contributed by atoms with Gasteiger partial charge < -0.3 is 5.32 Å². The molecule has 0 spiro atoms. The molecule has 0 unspecified atom stereocenters. The third-order valence-corrected chi connectivity index (χ3v) is 3.57. The Labute approximate surface area is 120 Å². The van der Waals surface area contributed by atoms with Gasteiger partial charge in [0.25, 0.3) is 0 Å². The van der Waals surface area contributed by atoms with E-state index in [1.54, 1.807) is 12.3 Å². The zero-order valence-electron chi connectivity index (χ0n) is 10.5. The van der Waals surface area contributed by atoms with Gasteiger partial charge in [0, 0.05) is 6.54 Å². The minimum atomic E-state index is -0.610. The second kappa shape index (κ2) is 5.10. The van der Waals surface area contributed by atoms with Gasteiger partial charge in [-0.3, -0.25) is 4.68 Å². The predicted molar refractivity (Wildman–Crippen MR) is 72.4 cm³/mol. The molecule has 0 bridgehead atoms. The molecule has 2 aromatic rings. The Kier molecular flexibility index (Phi) is 3.28. The van der Waals surface area contributed by atoms with Crippen LogP contribution >= 0.6 is 11.6 Å². The van der Waals surface area contributed by atoms with Crippen molar-refractivity contribution in [2.24, 2.45) is 0 Å². The lowest BCUT2D eigenvalue weighted by Gasteiger charge is -2.15. The van der Waals surface area contributed by atoms with E-state index in [2.05, 4.69) is 15.4 Å². The van der Waals surface area contributed by atoms with Crippen LogP contribution in [-0.2, 0) is 13.0 Å². The maximum atomic E-state index is 13.9. The minimum Gasteiger partial charge on any atom is -0.335 e. The third-order valence-electron chi connectivity index (χ3n) is 3.29. The van der Waals surface area contributed by atoms with E-state index in [0.717, 1.165) is 43.3 Å². The van der Waals surface area contributed by atoms with E-state index in [1.807, 2.05) is 4.68 Å². The Morgan fingerprint density at radius 1 is 1.45 bits per heavy atom. The van der Waals surface area contributed by atoms with Gasteiger partial charge in [0.2, 0.25) is 0 Å². The number of fused-ring (bicyclic) bond motifs is 1. The highest BCUT2D eigenvalue weighted by Gasteiger charge is 2.17. The summed E-state index contributed by atoms with van der Waals surface area (Å²) in [7, 11) is 0. The highest BCUT2D eigenvalue weighted by atomic mass is 35.5. The van der Waals surface area contributed by atoms with E-state index in [1.165, 1.54) is 0 Å². The molecule has 0 radical (unpaired) electrons. The van der Waals surface area contributed by atoms with E-state index < -0.39 is 5.82 Å². The van der Waals surface area contributed by atoms with Crippen LogP contribution in [0.25, 0.3) is 0 Å². The van der Waals surface area contributed by atoms with E-state index >= 15 is 0 Å². The predicted octanol–water partition coefficient (Wildman–Crippen LogP) is 3.02. The normalized spacial score (nSPS) is 13.7. The highest BCUT2D eigenvalue weighted by molar-refractivity contribution is 6.30. The summed E-state index contributed by atoms with van der Waals surface area (Å²) < 4.78 is 15.8. The number of rotatable bonds is 2. The first-order valence-electron chi connectivity index (χ1n) is 6.27. The van der Waals surface area contributed by atoms with Gasteiger partial charge in [-0.15, -0.1) is 0 Å². The van der Waals surface area contributed by atoms with Crippen LogP contribution in [0, 0.1) is 17.1 Å².